The van der Waals surface area contributed by atoms with Gasteiger partial charge >= 0.3 is 0 Å². The predicted molar refractivity (Wildman–Crippen MR) is 81.0 cm³/mol. The third kappa shape index (κ3) is 2.16. The van der Waals surface area contributed by atoms with Gasteiger partial charge in [-0.25, -0.2) is 12.8 Å². The van der Waals surface area contributed by atoms with E-state index >= 15 is 0 Å². The first-order valence-corrected chi connectivity index (χ1v) is 8.51. The largest absolute Gasteiger partial charge is 0.294 e. The van der Waals surface area contributed by atoms with Gasteiger partial charge < -0.3 is 0 Å². The summed E-state index contributed by atoms with van der Waals surface area (Å²) in [4.78, 5) is 12.4. The molecule has 3 rings (SSSR count). The summed E-state index contributed by atoms with van der Waals surface area (Å²) in [6.45, 7) is 3.44. The van der Waals surface area contributed by atoms with Crippen molar-refractivity contribution in [2.75, 3.05) is 0 Å². The minimum atomic E-state index is -3.76. The van der Waals surface area contributed by atoms with Crippen LogP contribution in [0.2, 0.25) is 0 Å². The number of fused-ring (bicyclic) bond motifs is 1. The fourth-order valence-corrected chi connectivity index (χ4v) is 4.95. The highest BCUT2D eigenvalue weighted by Gasteiger charge is 2.45. The SMILES string of the molecule is Cc1ccc(S(=O)(=O)[C@@H]2c3cc(F)ccc3C(=O)[C@H]2C)cc1. The van der Waals surface area contributed by atoms with Crippen LogP contribution in [0.25, 0.3) is 0 Å². The summed E-state index contributed by atoms with van der Waals surface area (Å²) in [6.07, 6.45) is 0. The zero-order valence-electron chi connectivity index (χ0n) is 12.2. The lowest BCUT2D eigenvalue weighted by Gasteiger charge is -2.17. The van der Waals surface area contributed by atoms with Crippen molar-refractivity contribution in [2.45, 2.75) is 24.0 Å². The second kappa shape index (κ2) is 5.02. The fourth-order valence-electron chi connectivity index (χ4n) is 2.96. The van der Waals surface area contributed by atoms with Crippen molar-refractivity contribution in [2.24, 2.45) is 5.92 Å². The molecule has 0 N–H and O–H groups in total. The van der Waals surface area contributed by atoms with Crippen molar-refractivity contribution >= 4 is 15.6 Å². The molecule has 0 amide bonds. The lowest BCUT2D eigenvalue weighted by atomic mass is 10.1. The molecule has 114 valence electrons. The number of sulfone groups is 1. The van der Waals surface area contributed by atoms with Crippen LogP contribution in [0.1, 0.15) is 33.7 Å². The van der Waals surface area contributed by atoms with Gasteiger partial charge in [-0.2, -0.15) is 0 Å². The molecule has 0 radical (unpaired) electrons. The summed E-state index contributed by atoms with van der Waals surface area (Å²) >= 11 is 0. The molecular formula is C17H15FO3S. The predicted octanol–water partition coefficient (Wildman–Crippen LogP) is 3.48. The molecule has 0 aliphatic heterocycles. The molecule has 3 nitrogen and oxygen atoms in total. The van der Waals surface area contributed by atoms with E-state index in [1.807, 2.05) is 6.92 Å². The molecule has 0 saturated carbocycles. The molecule has 2 atom stereocenters. The highest BCUT2D eigenvalue weighted by Crippen LogP contribution is 2.44. The van der Waals surface area contributed by atoms with Gasteiger partial charge in [-0.05, 0) is 42.8 Å². The Labute approximate surface area is 128 Å². The normalized spacial score (nSPS) is 21.0. The summed E-state index contributed by atoms with van der Waals surface area (Å²) < 4.78 is 39.3. The fraction of sp³-hybridized carbons (Fsp3) is 0.235. The van der Waals surface area contributed by atoms with Crippen LogP contribution in [0, 0.1) is 18.7 Å². The quantitative estimate of drug-likeness (QED) is 0.852. The molecule has 0 aromatic heterocycles. The molecule has 0 bridgehead atoms. The average molecular weight is 318 g/mol. The summed E-state index contributed by atoms with van der Waals surface area (Å²) in [5.74, 6) is -1.51. The van der Waals surface area contributed by atoms with Crippen LogP contribution in [0.15, 0.2) is 47.4 Å². The first-order valence-electron chi connectivity index (χ1n) is 6.96. The van der Waals surface area contributed by atoms with E-state index in [0.29, 0.717) is 5.56 Å². The van der Waals surface area contributed by atoms with Crippen molar-refractivity contribution in [3.63, 3.8) is 0 Å². The molecule has 0 unspecified atom stereocenters. The Morgan fingerprint density at radius 1 is 1.05 bits per heavy atom. The van der Waals surface area contributed by atoms with Gasteiger partial charge in [-0.3, -0.25) is 4.79 Å². The van der Waals surface area contributed by atoms with Gasteiger partial charge in [0.25, 0.3) is 0 Å². The Kier molecular flexibility index (Phi) is 3.40. The Hall–Kier alpha value is -2.01. The van der Waals surface area contributed by atoms with Gasteiger partial charge in [0, 0.05) is 11.5 Å². The molecule has 1 aliphatic rings. The van der Waals surface area contributed by atoms with Crippen LogP contribution in [0.5, 0.6) is 0 Å². The van der Waals surface area contributed by atoms with Crippen molar-refractivity contribution in [3.8, 4) is 0 Å². The van der Waals surface area contributed by atoms with Gasteiger partial charge in [0.05, 0.1) is 4.90 Å². The second-order valence-corrected chi connectivity index (χ2v) is 7.73. The summed E-state index contributed by atoms with van der Waals surface area (Å²) in [5, 5.41) is -1.03. The number of Topliss-reactive ketones (excluding diaryl/α,β-unsaturated/α-hetero) is 1. The van der Waals surface area contributed by atoms with Gasteiger partial charge in [0.1, 0.15) is 11.1 Å². The number of ketones is 1. The Balaban J connectivity index is 2.18. The third-order valence-electron chi connectivity index (χ3n) is 4.14. The van der Waals surface area contributed by atoms with E-state index < -0.39 is 26.8 Å². The van der Waals surface area contributed by atoms with Crippen LogP contribution in [-0.4, -0.2) is 14.2 Å². The summed E-state index contributed by atoms with van der Waals surface area (Å²) in [6, 6.07) is 10.2. The van der Waals surface area contributed by atoms with E-state index in [-0.39, 0.29) is 16.2 Å². The van der Waals surface area contributed by atoms with Crippen LogP contribution >= 0.6 is 0 Å². The van der Waals surface area contributed by atoms with Gasteiger partial charge in [-0.15, -0.1) is 0 Å². The molecular weight excluding hydrogens is 303 g/mol. The maximum atomic E-state index is 13.5. The average Bonchev–Trinajstić information content (AvgIpc) is 2.71. The van der Waals surface area contributed by atoms with E-state index in [1.54, 1.807) is 19.1 Å². The minimum Gasteiger partial charge on any atom is -0.294 e. The molecule has 22 heavy (non-hydrogen) atoms. The van der Waals surface area contributed by atoms with Crippen LogP contribution in [0.4, 0.5) is 4.39 Å². The molecule has 0 saturated heterocycles. The molecule has 5 heteroatoms. The van der Waals surface area contributed by atoms with Crippen LogP contribution < -0.4 is 0 Å². The van der Waals surface area contributed by atoms with E-state index in [4.69, 9.17) is 0 Å². The minimum absolute atomic E-state index is 0.153. The maximum Gasteiger partial charge on any atom is 0.186 e. The second-order valence-electron chi connectivity index (χ2n) is 5.66. The number of carbonyl (C=O) groups is 1. The summed E-state index contributed by atoms with van der Waals surface area (Å²) in [7, 11) is -3.76. The lowest BCUT2D eigenvalue weighted by Crippen LogP contribution is -2.19. The number of halogens is 1. The Morgan fingerprint density at radius 3 is 2.32 bits per heavy atom. The Bertz CT molecular complexity index is 854. The van der Waals surface area contributed by atoms with Gasteiger partial charge in [-0.1, -0.05) is 24.6 Å². The molecule has 1 aliphatic carbocycles. The molecule has 2 aromatic carbocycles. The van der Waals surface area contributed by atoms with Crippen molar-refractivity contribution in [1.82, 2.24) is 0 Å². The van der Waals surface area contributed by atoms with Crippen molar-refractivity contribution in [3.05, 3.63) is 65.0 Å². The molecule has 0 spiro atoms. The van der Waals surface area contributed by atoms with Gasteiger partial charge in [0.2, 0.25) is 0 Å². The number of aryl methyl sites for hydroxylation is 1. The standard InChI is InChI=1S/C17H15FO3S/c1-10-3-6-13(7-4-10)22(20,21)17-11(2)16(19)14-8-5-12(18)9-15(14)17/h3-9,11,17H,1-2H3/t11-,17+/m1/s1. The zero-order valence-corrected chi connectivity index (χ0v) is 13.0. The van der Waals surface area contributed by atoms with Gasteiger partial charge in [0.15, 0.2) is 15.6 Å². The third-order valence-corrected chi connectivity index (χ3v) is 6.40. The van der Waals surface area contributed by atoms with Crippen LogP contribution in [-0.2, 0) is 9.84 Å². The highest BCUT2D eigenvalue weighted by molar-refractivity contribution is 7.91. The lowest BCUT2D eigenvalue weighted by molar-refractivity contribution is 0.0943. The number of benzene rings is 2. The van der Waals surface area contributed by atoms with E-state index in [0.717, 1.165) is 11.6 Å². The zero-order chi connectivity index (χ0) is 16.1. The number of carbonyl (C=O) groups excluding carboxylic acids is 1. The number of hydrogen-bond donors (Lipinski definition) is 0. The van der Waals surface area contributed by atoms with Crippen molar-refractivity contribution in [1.29, 1.82) is 0 Å². The van der Waals surface area contributed by atoms with Crippen molar-refractivity contribution < 1.29 is 17.6 Å². The number of hydrogen-bond acceptors (Lipinski definition) is 3. The topological polar surface area (TPSA) is 51.2 Å². The first kappa shape index (κ1) is 14.9. The molecule has 0 fully saturated rings. The van der Waals surface area contributed by atoms with E-state index in [9.17, 15) is 17.6 Å². The maximum absolute atomic E-state index is 13.5. The monoisotopic (exact) mass is 318 g/mol. The summed E-state index contributed by atoms with van der Waals surface area (Å²) in [5.41, 5.74) is 1.51. The highest BCUT2D eigenvalue weighted by atomic mass is 32.2. The molecule has 2 aromatic rings. The molecule has 0 heterocycles. The van der Waals surface area contributed by atoms with E-state index in [1.165, 1.54) is 24.3 Å². The number of rotatable bonds is 2. The smallest absolute Gasteiger partial charge is 0.186 e. The first-order chi connectivity index (χ1) is 10.3. The Morgan fingerprint density at radius 2 is 1.68 bits per heavy atom. The van der Waals surface area contributed by atoms with Crippen LogP contribution in [0.3, 0.4) is 0 Å². The van der Waals surface area contributed by atoms with E-state index in [2.05, 4.69) is 0 Å².